The van der Waals surface area contributed by atoms with E-state index in [1.807, 2.05) is 0 Å². The van der Waals surface area contributed by atoms with Gasteiger partial charge in [0.1, 0.15) is 0 Å². The monoisotopic (exact) mass is 218 g/mol. The van der Waals surface area contributed by atoms with Gasteiger partial charge in [0.15, 0.2) is 0 Å². The lowest BCUT2D eigenvalue weighted by atomic mass is 9.98. The number of hydrogen-bond donors (Lipinski definition) is 0. The van der Waals surface area contributed by atoms with Crippen molar-refractivity contribution in [2.24, 2.45) is 4.99 Å². The Morgan fingerprint density at radius 1 is 1.56 bits per heavy atom. The lowest BCUT2D eigenvalue weighted by Gasteiger charge is -2.12. The Morgan fingerprint density at radius 2 is 2.38 bits per heavy atom. The molecule has 0 aliphatic carbocycles. The van der Waals surface area contributed by atoms with Gasteiger partial charge < -0.3 is 4.74 Å². The number of ether oxygens (including phenoxy) is 1. The zero-order valence-electron chi connectivity index (χ0n) is 8.71. The molecule has 0 saturated carbocycles. The molecular weight excluding hydrogens is 208 g/mol. The molecule has 1 heterocycles. The van der Waals surface area contributed by atoms with Gasteiger partial charge in [-0.25, -0.2) is 0 Å². The van der Waals surface area contributed by atoms with Crippen molar-refractivity contribution in [1.82, 2.24) is 0 Å². The third-order valence-corrected chi connectivity index (χ3v) is 2.35. The molecule has 0 fully saturated rings. The van der Waals surface area contributed by atoms with E-state index in [9.17, 15) is 10.1 Å². The third kappa shape index (κ3) is 1.79. The third-order valence-electron chi connectivity index (χ3n) is 2.35. The van der Waals surface area contributed by atoms with Crippen LogP contribution in [0.5, 0.6) is 0 Å². The van der Waals surface area contributed by atoms with E-state index in [4.69, 9.17) is 4.74 Å². The van der Waals surface area contributed by atoms with E-state index in [0.29, 0.717) is 6.54 Å². The van der Waals surface area contributed by atoms with Crippen molar-refractivity contribution in [1.29, 1.82) is 0 Å². The molecule has 0 radical (unpaired) electrons. The first-order valence-electron chi connectivity index (χ1n) is 4.73. The highest BCUT2D eigenvalue weighted by atomic mass is 16.6. The average Bonchev–Trinajstić information content (AvgIpc) is 2.29. The molecule has 0 unspecified atom stereocenters. The largest absolute Gasteiger partial charge is 0.504 e. The van der Waals surface area contributed by atoms with Crippen molar-refractivity contribution in [3.8, 4) is 0 Å². The molecule has 1 aliphatic rings. The normalized spacial score (nSPS) is 15.9. The van der Waals surface area contributed by atoms with E-state index in [2.05, 4.69) is 4.99 Å². The summed E-state index contributed by atoms with van der Waals surface area (Å²) < 4.78 is 4.93. The number of aliphatic imine (C=N–C) groups is 1. The Balaban J connectivity index is 2.53. The molecule has 1 aliphatic heterocycles. The fourth-order valence-electron chi connectivity index (χ4n) is 1.62. The Kier molecular flexibility index (Phi) is 2.68. The number of methoxy groups -OCH3 is 1. The summed E-state index contributed by atoms with van der Waals surface area (Å²) in [4.78, 5) is 14.4. The van der Waals surface area contributed by atoms with Gasteiger partial charge >= 0.3 is 0 Å². The first-order chi connectivity index (χ1) is 7.72. The Morgan fingerprint density at radius 3 is 3.06 bits per heavy atom. The fraction of sp³-hybridized carbons (Fsp3) is 0.182. The van der Waals surface area contributed by atoms with E-state index in [-0.39, 0.29) is 5.69 Å². The Labute approximate surface area is 92.2 Å². The Bertz CT molecular complexity index is 492. The van der Waals surface area contributed by atoms with Crippen LogP contribution in [-0.2, 0) is 4.74 Å². The summed E-state index contributed by atoms with van der Waals surface area (Å²) in [7, 11) is 1.54. The van der Waals surface area contributed by atoms with Crippen molar-refractivity contribution >= 4 is 17.5 Å². The van der Waals surface area contributed by atoms with Gasteiger partial charge in [-0.2, -0.15) is 0 Å². The lowest BCUT2D eigenvalue weighted by molar-refractivity contribution is -0.384. The Hall–Kier alpha value is -2.17. The number of non-ortho nitro benzene ring substituents is 1. The highest BCUT2D eigenvalue weighted by Crippen LogP contribution is 2.26. The predicted octanol–water partition coefficient (Wildman–Crippen LogP) is 2.01. The molecule has 5 nitrogen and oxygen atoms in total. The summed E-state index contributed by atoms with van der Waals surface area (Å²) in [5.41, 5.74) is 2.62. The SMILES string of the molecule is COC=C1CN=Cc2ccc([N+](=O)[O-])cc21. The van der Waals surface area contributed by atoms with E-state index in [1.165, 1.54) is 6.07 Å². The number of nitrogens with zero attached hydrogens (tertiary/aromatic N) is 2. The van der Waals surface area contributed by atoms with E-state index < -0.39 is 4.92 Å². The molecule has 1 aromatic carbocycles. The van der Waals surface area contributed by atoms with Crippen LogP contribution in [0.15, 0.2) is 29.5 Å². The highest BCUT2D eigenvalue weighted by molar-refractivity contribution is 5.92. The number of nitro benzene ring substituents is 1. The first kappa shape index (κ1) is 10.4. The molecule has 0 saturated heterocycles. The molecular formula is C11H10N2O3. The van der Waals surface area contributed by atoms with Gasteiger partial charge in [0.2, 0.25) is 0 Å². The van der Waals surface area contributed by atoms with Crippen molar-refractivity contribution in [3.63, 3.8) is 0 Å². The molecule has 1 aromatic rings. The van der Waals surface area contributed by atoms with Gasteiger partial charge in [-0.3, -0.25) is 15.1 Å². The van der Waals surface area contributed by atoms with E-state index in [1.54, 1.807) is 31.7 Å². The van der Waals surface area contributed by atoms with Crippen molar-refractivity contribution in [2.45, 2.75) is 0 Å². The van der Waals surface area contributed by atoms with Crippen molar-refractivity contribution in [2.75, 3.05) is 13.7 Å². The molecule has 2 rings (SSSR count). The van der Waals surface area contributed by atoms with E-state index in [0.717, 1.165) is 16.7 Å². The van der Waals surface area contributed by atoms with Crippen LogP contribution in [0, 0.1) is 10.1 Å². The van der Waals surface area contributed by atoms with Crippen molar-refractivity contribution in [3.05, 3.63) is 45.7 Å². The zero-order chi connectivity index (χ0) is 11.5. The number of hydrogen-bond acceptors (Lipinski definition) is 4. The molecule has 0 amide bonds. The predicted molar refractivity (Wildman–Crippen MR) is 60.5 cm³/mol. The topological polar surface area (TPSA) is 64.7 Å². The minimum atomic E-state index is -0.406. The summed E-state index contributed by atoms with van der Waals surface area (Å²) in [6.45, 7) is 0.488. The average molecular weight is 218 g/mol. The van der Waals surface area contributed by atoms with Gasteiger partial charge in [0.05, 0.1) is 24.8 Å². The second-order valence-corrected chi connectivity index (χ2v) is 3.38. The first-order valence-corrected chi connectivity index (χ1v) is 4.73. The smallest absolute Gasteiger partial charge is 0.270 e. The molecule has 0 atom stereocenters. The van der Waals surface area contributed by atoms with Crippen LogP contribution in [0.4, 0.5) is 5.69 Å². The molecule has 16 heavy (non-hydrogen) atoms. The summed E-state index contributed by atoms with van der Waals surface area (Å²) in [6.07, 6.45) is 3.28. The number of fused-ring (bicyclic) bond motifs is 1. The number of nitro groups is 1. The number of benzene rings is 1. The minimum Gasteiger partial charge on any atom is -0.504 e. The molecule has 0 bridgehead atoms. The maximum Gasteiger partial charge on any atom is 0.270 e. The van der Waals surface area contributed by atoms with Crippen LogP contribution in [0.3, 0.4) is 0 Å². The molecule has 5 heteroatoms. The van der Waals surface area contributed by atoms with Gasteiger partial charge in [0, 0.05) is 29.5 Å². The van der Waals surface area contributed by atoms with Gasteiger partial charge in [-0.1, -0.05) is 0 Å². The van der Waals surface area contributed by atoms with Gasteiger partial charge in [-0.15, -0.1) is 0 Å². The standard InChI is InChI=1S/C11H10N2O3/c1-16-7-9-6-12-5-8-2-3-10(13(14)15)4-11(8)9/h2-5,7H,6H2,1H3. The summed E-state index contributed by atoms with van der Waals surface area (Å²) in [5.74, 6) is 0. The van der Waals surface area contributed by atoms with Gasteiger partial charge in [-0.05, 0) is 11.6 Å². The van der Waals surface area contributed by atoms with Crippen LogP contribution in [0.25, 0.3) is 5.57 Å². The second kappa shape index (κ2) is 4.14. The van der Waals surface area contributed by atoms with Crippen molar-refractivity contribution < 1.29 is 9.66 Å². The maximum absolute atomic E-state index is 10.7. The van der Waals surface area contributed by atoms with Crippen LogP contribution >= 0.6 is 0 Å². The molecule has 0 aromatic heterocycles. The lowest BCUT2D eigenvalue weighted by Crippen LogP contribution is -2.03. The maximum atomic E-state index is 10.7. The van der Waals surface area contributed by atoms with Gasteiger partial charge in [0.25, 0.3) is 5.69 Å². The van der Waals surface area contributed by atoms with Crippen LogP contribution in [0.2, 0.25) is 0 Å². The summed E-state index contributed by atoms with van der Waals surface area (Å²) in [6, 6.07) is 4.71. The summed E-state index contributed by atoms with van der Waals surface area (Å²) >= 11 is 0. The summed E-state index contributed by atoms with van der Waals surface area (Å²) in [5, 5.41) is 10.7. The second-order valence-electron chi connectivity index (χ2n) is 3.38. The molecule has 82 valence electrons. The van der Waals surface area contributed by atoms with Crippen LogP contribution in [-0.4, -0.2) is 24.8 Å². The number of rotatable bonds is 2. The van der Waals surface area contributed by atoms with E-state index >= 15 is 0 Å². The quantitative estimate of drug-likeness (QED) is 0.433. The minimum absolute atomic E-state index is 0.0797. The van der Waals surface area contributed by atoms with Crippen LogP contribution < -0.4 is 0 Å². The highest BCUT2D eigenvalue weighted by Gasteiger charge is 2.15. The molecule has 0 N–H and O–H groups in total. The zero-order valence-corrected chi connectivity index (χ0v) is 8.71. The molecule has 0 spiro atoms. The fourth-order valence-corrected chi connectivity index (χ4v) is 1.62. The van der Waals surface area contributed by atoms with Crippen LogP contribution in [0.1, 0.15) is 11.1 Å².